The van der Waals surface area contributed by atoms with Crippen molar-refractivity contribution >= 4 is 16.9 Å². The maximum Gasteiger partial charge on any atom is 0.230 e. The third-order valence-corrected chi connectivity index (χ3v) is 3.51. The molecule has 21 heavy (non-hydrogen) atoms. The van der Waals surface area contributed by atoms with Crippen molar-refractivity contribution in [3.8, 4) is 5.75 Å². The average molecular weight is 282 g/mol. The van der Waals surface area contributed by atoms with Crippen LogP contribution in [0.4, 0.5) is 0 Å². The molecule has 0 atom stereocenters. The van der Waals surface area contributed by atoms with Crippen molar-refractivity contribution in [2.24, 2.45) is 0 Å². The van der Waals surface area contributed by atoms with Gasteiger partial charge in [-0.15, -0.1) is 0 Å². The topological polar surface area (TPSA) is 65.2 Å². The van der Waals surface area contributed by atoms with E-state index in [-0.39, 0.29) is 5.78 Å². The summed E-state index contributed by atoms with van der Waals surface area (Å²) in [6, 6.07) is 7.00. The Balaban J connectivity index is 2.17. The van der Waals surface area contributed by atoms with Crippen LogP contribution in [0.15, 0.2) is 35.0 Å². The molecule has 0 amide bonds. The van der Waals surface area contributed by atoms with Crippen LogP contribution >= 0.6 is 0 Å². The maximum absolute atomic E-state index is 12.7. The van der Waals surface area contributed by atoms with Crippen molar-refractivity contribution in [1.82, 2.24) is 9.97 Å². The molecule has 106 valence electrons. The minimum absolute atomic E-state index is 0.176. The molecule has 1 aromatic carbocycles. The molecular weight excluding hydrogens is 268 g/mol. The SMILES string of the molecule is COc1cccc(C(=O)c2ncnc3oc(C)c(C)c23)c1. The minimum Gasteiger partial charge on any atom is -0.497 e. The van der Waals surface area contributed by atoms with Crippen LogP contribution in [0, 0.1) is 13.8 Å². The molecule has 0 N–H and O–H groups in total. The van der Waals surface area contributed by atoms with Crippen LogP contribution in [0.3, 0.4) is 0 Å². The van der Waals surface area contributed by atoms with E-state index in [1.807, 2.05) is 13.8 Å². The summed E-state index contributed by atoms with van der Waals surface area (Å²) in [6.07, 6.45) is 1.35. The largest absolute Gasteiger partial charge is 0.497 e. The van der Waals surface area contributed by atoms with Gasteiger partial charge in [-0.2, -0.15) is 0 Å². The third kappa shape index (κ3) is 2.16. The Kier molecular flexibility index (Phi) is 3.17. The lowest BCUT2D eigenvalue weighted by atomic mass is 10.0. The molecule has 5 heteroatoms. The molecule has 0 aliphatic heterocycles. The summed E-state index contributed by atoms with van der Waals surface area (Å²) < 4.78 is 10.7. The van der Waals surface area contributed by atoms with Gasteiger partial charge in [-0.3, -0.25) is 4.79 Å². The quantitative estimate of drug-likeness (QED) is 0.691. The normalized spacial score (nSPS) is 10.8. The first-order chi connectivity index (χ1) is 10.1. The van der Waals surface area contributed by atoms with Crippen LogP contribution in [0.2, 0.25) is 0 Å². The predicted octanol–water partition coefficient (Wildman–Crippen LogP) is 3.08. The molecule has 0 spiro atoms. The van der Waals surface area contributed by atoms with Crippen LogP contribution in [0.5, 0.6) is 5.75 Å². The van der Waals surface area contributed by atoms with Gasteiger partial charge in [0.1, 0.15) is 23.5 Å². The first kappa shape index (κ1) is 13.3. The van der Waals surface area contributed by atoms with E-state index < -0.39 is 0 Å². The van der Waals surface area contributed by atoms with Gasteiger partial charge in [0.05, 0.1) is 12.5 Å². The number of nitrogens with zero attached hydrogens (tertiary/aromatic N) is 2. The molecular formula is C16H14N2O3. The number of carbonyl (C=O) groups excluding carboxylic acids is 1. The number of ketones is 1. The zero-order valence-electron chi connectivity index (χ0n) is 12.0. The molecule has 0 saturated heterocycles. The monoisotopic (exact) mass is 282 g/mol. The second-order valence-corrected chi connectivity index (χ2v) is 4.75. The summed E-state index contributed by atoms with van der Waals surface area (Å²) >= 11 is 0. The average Bonchev–Trinajstić information content (AvgIpc) is 2.81. The number of benzene rings is 1. The fraction of sp³-hybridized carbons (Fsp3) is 0.188. The van der Waals surface area contributed by atoms with Gasteiger partial charge in [-0.1, -0.05) is 12.1 Å². The van der Waals surface area contributed by atoms with Gasteiger partial charge in [0.2, 0.25) is 11.5 Å². The zero-order valence-corrected chi connectivity index (χ0v) is 12.0. The van der Waals surface area contributed by atoms with Gasteiger partial charge in [-0.25, -0.2) is 9.97 Å². The van der Waals surface area contributed by atoms with E-state index >= 15 is 0 Å². The van der Waals surface area contributed by atoms with Crippen molar-refractivity contribution in [3.05, 3.63) is 53.2 Å². The lowest BCUT2D eigenvalue weighted by Gasteiger charge is -2.04. The Hall–Kier alpha value is -2.69. The smallest absolute Gasteiger partial charge is 0.230 e. The number of rotatable bonds is 3. The molecule has 0 bridgehead atoms. The van der Waals surface area contributed by atoms with Crippen LogP contribution < -0.4 is 4.74 Å². The Morgan fingerprint density at radius 1 is 1.24 bits per heavy atom. The Morgan fingerprint density at radius 3 is 2.81 bits per heavy atom. The van der Waals surface area contributed by atoms with E-state index in [4.69, 9.17) is 9.15 Å². The van der Waals surface area contributed by atoms with E-state index in [1.54, 1.807) is 31.4 Å². The summed E-state index contributed by atoms with van der Waals surface area (Å²) in [4.78, 5) is 20.9. The number of aryl methyl sites for hydroxylation is 2. The Bertz CT molecular complexity index is 837. The lowest BCUT2D eigenvalue weighted by molar-refractivity contribution is 0.103. The second-order valence-electron chi connectivity index (χ2n) is 4.75. The van der Waals surface area contributed by atoms with Crippen LogP contribution in [-0.4, -0.2) is 22.9 Å². The summed E-state index contributed by atoms with van der Waals surface area (Å²) in [5, 5.41) is 0.669. The van der Waals surface area contributed by atoms with Crippen LogP contribution in [0.1, 0.15) is 27.4 Å². The highest BCUT2D eigenvalue weighted by Gasteiger charge is 2.20. The lowest BCUT2D eigenvalue weighted by Crippen LogP contribution is -2.05. The summed E-state index contributed by atoms with van der Waals surface area (Å²) in [5.74, 6) is 1.20. The van der Waals surface area contributed by atoms with Crippen molar-refractivity contribution in [1.29, 1.82) is 0 Å². The number of aromatic nitrogens is 2. The molecule has 0 aliphatic carbocycles. The van der Waals surface area contributed by atoms with Crippen molar-refractivity contribution in [2.45, 2.75) is 13.8 Å². The fourth-order valence-corrected chi connectivity index (χ4v) is 2.26. The van der Waals surface area contributed by atoms with E-state index in [0.29, 0.717) is 28.1 Å². The van der Waals surface area contributed by atoms with E-state index in [9.17, 15) is 4.79 Å². The molecule has 0 unspecified atom stereocenters. The van der Waals surface area contributed by atoms with Crippen molar-refractivity contribution < 1.29 is 13.9 Å². The molecule has 5 nitrogen and oxygen atoms in total. The molecule has 0 saturated carbocycles. The number of hydrogen-bond donors (Lipinski definition) is 0. The number of methoxy groups -OCH3 is 1. The number of hydrogen-bond acceptors (Lipinski definition) is 5. The molecule has 2 heterocycles. The fourth-order valence-electron chi connectivity index (χ4n) is 2.26. The number of carbonyl (C=O) groups is 1. The minimum atomic E-state index is -0.176. The summed E-state index contributed by atoms with van der Waals surface area (Å²) in [7, 11) is 1.57. The molecule has 2 aromatic heterocycles. The number of ether oxygens (including phenoxy) is 1. The molecule has 0 aliphatic rings. The highest BCUT2D eigenvalue weighted by Crippen LogP contribution is 2.27. The highest BCUT2D eigenvalue weighted by molar-refractivity contribution is 6.14. The van der Waals surface area contributed by atoms with E-state index in [1.165, 1.54) is 6.33 Å². The van der Waals surface area contributed by atoms with Gasteiger partial charge in [0, 0.05) is 11.1 Å². The standard InChI is InChI=1S/C16H14N2O3/c1-9-10(2)21-16-13(9)14(17-8-18-16)15(19)11-5-4-6-12(7-11)20-3/h4-8H,1-3H3. The molecule has 0 fully saturated rings. The van der Waals surface area contributed by atoms with E-state index in [0.717, 1.165) is 11.3 Å². The first-order valence-electron chi connectivity index (χ1n) is 6.51. The van der Waals surface area contributed by atoms with Crippen LogP contribution in [-0.2, 0) is 0 Å². The molecule has 3 aromatic rings. The van der Waals surface area contributed by atoms with Crippen molar-refractivity contribution in [3.63, 3.8) is 0 Å². The Morgan fingerprint density at radius 2 is 2.05 bits per heavy atom. The van der Waals surface area contributed by atoms with Gasteiger partial charge in [-0.05, 0) is 26.0 Å². The predicted molar refractivity (Wildman–Crippen MR) is 77.7 cm³/mol. The summed E-state index contributed by atoms with van der Waals surface area (Å²) in [5.41, 5.74) is 2.19. The number of fused-ring (bicyclic) bond motifs is 1. The van der Waals surface area contributed by atoms with Crippen LogP contribution in [0.25, 0.3) is 11.1 Å². The van der Waals surface area contributed by atoms with Gasteiger partial charge >= 0.3 is 0 Å². The zero-order chi connectivity index (χ0) is 15.0. The van der Waals surface area contributed by atoms with E-state index in [2.05, 4.69) is 9.97 Å². The maximum atomic E-state index is 12.7. The summed E-state index contributed by atoms with van der Waals surface area (Å²) in [6.45, 7) is 3.74. The number of furan rings is 1. The first-order valence-corrected chi connectivity index (χ1v) is 6.51. The third-order valence-electron chi connectivity index (χ3n) is 3.51. The highest BCUT2D eigenvalue weighted by atomic mass is 16.5. The van der Waals surface area contributed by atoms with Crippen molar-refractivity contribution in [2.75, 3.05) is 7.11 Å². The molecule has 3 rings (SSSR count). The molecule has 0 radical (unpaired) electrons. The second kappa shape index (κ2) is 5.01. The van der Waals surface area contributed by atoms with Gasteiger partial charge < -0.3 is 9.15 Å². The van der Waals surface area contributed by atoms with Gasteiger partial charge in [0.15, 0.2) is 0 Å². The van der Waals surface area contributed by atoms with Gasteiger partial charge in [0.25, 0.3) is 0 Å². The Labute approximate surface area is 121 Å².